The van der Waals surface area contributed by atoms with E-state index in [0.29, 0.717) is 0 Å². The van der Waals surface area contributed by atoms with Crippen molar-refractivity contribution >= 4 is 48.0 Å². The van der Waals surface area contributed by atoms with Crippen LogP contribution in [0, 0.1) is 27.7 Å². The van der Waals surface area contributed by atoms with Crippen LogP contribution in [0.3, 0.4) is 0 Å². The van der Waals surface area contributed by atoms with Gasteiger partial charge in [-0.05, 0) is 62.2 Å². The van der Waals surface area contributed by atoms with Crippen LogP contribution in [-0.2, 0) is 25.8 Å². The van der Waals surface area contributed by atoms with E-state index >= 15 is 0 Å². The predicted molar refractivity (Wildman–Crippen MR) is 190 cm³/mol. The smallest absolute Gasteiger partial charge is 1.00 e. The number of halogens is 2. The molecule has 0 fully saturated rings. The maximum atomic E-state index is 2.49. The van der Waals surface area contributed by atoms with E-state index in [9.17, 15) is 0 Å². The summed E-state index contributed by atoms with van der Waals surface area (Å²) in [7, 11) is -0.1000. The second-order valence-corrected chi connectivity index (χ2v) is 18.5. The Labute approximate surface area is 298 Å². The van der Waals surface area contributed by atoms with Crippen LogP contribution in [0.1, 0.15) is 103 Å². The number of fused-ring (bicyclic) bond motifs is 2. The van der Waals surface area contributed by atoms with Crippen LogP contribution in [0.2, 0.25) is 0 Å². The molecular weight excluding hydrogens is 768 g/mol. The van der Waals surface area contributed by atoms with Crippen molar-refractivity contribution in [2.75, 3.05) is 0 Å². The Hall–Kier alpha value is -0.0299. The molecule has 0 aliphatic heterocycles. The van der Waals surface area contributed by atoms with Crippen molar-refractivity contribution in [3.8, 4) is 0 Å². The number of hydrogen-bond acceptors (Lipinski definition) is 0. The third-order valence-electron chi connectivity index (χ3n) is 9.47. The molecule has 236 valence electrons. The van der Waals surface area contributed by atoms with Gasteiger partial charge < -0.3 is 24.8 Å². The van der Waals surface area contributed by atoms with Crippen molar-refractivity contribution < 1.29 is 50.7 Å². The van der Waals surface area contributed by atoms with E-state index in [-0.39, 0.29) is 66.5 Å². The minimum atomic E-state index is -0.0500. The molecule has 43 heavy (non-hydrogen) atoms. The third-order valence-corrected chi connectivity index (χ3v) is 16.4. The van der Waals surface area contributed by atoms with Crippen LogP contribution in [0.25, 0.3) is 21.5 Å². The number of benzene rings is 2. The molecule has 0 N–H and O–H groups in total. The van der Waals surface area contributed by atoms with Gasteiger partial charge in [0.05, 0.1) is 0 Å². The molecule has 4 unspecified atom stereocenters. The maximum Gasteiger partial charge on any atom is 4.00 e. The van der Waals surface area contributed by atoms with E-state index in [1.54, 1.807) is 10.6 Å². The SMILES string of the molecule is CCC(C)P(c1cc2c(C)ccc(C)c2[cH-]1)C(C)CC.CCC(C)P(c1cc2c(C)ccc(C)c2[cH-]1)C(C)CC.[Cl-].[Cl-].[Hf+4]. The summed E-state index contributed by atoms with van der Waals surface area (Å²) in [5.74, 6) is 0. The van der Waals surface area contributed by atoms with E-state index in [4.69, 9.17) is 0 Å². The van der Waals surface area contributed by atoms with Crippen molar-refractivity contribution in [2.24, 2.45) is 0 Å². The monoisotopic (exact) mass is 824 g/mol. The van der Waals surface area contributed by atoms with Gasteiger partial charge in [-0.25, -0.2) is 0 Å². The van der Waals surface area contributed by atoms with Gasteiger partial charge in [0.25, 0.3) is 0 Å². The topological polar surface area (TPSA) is 0 Å². The van der Waals surface area contributed by atoms with Crippen LogP contribution in [0.4, 0.5) is 0 Å². The molecule has 0 bridgehead atoms. The van der Waals surface area contributed by atoms with Crippen LogP contribution in [0.5, 0.6) is 0 Å². The Morgan fingerprint density at radius 1 is 0.512 bits per heavy atom. The fourth-order valence-electron chi connectivity index (χ4n) is 6.12. The fraction of sp³-hybridized carbons (Fsp3) is 0.526. The van der Waals surface area contributed by atoms with Crippen molar-refractivity contribution in [1.82, 2.24) is 0 Å². The molecule has 0 aromatic heterocycles. The molecule has 4 aromatic rings. The molecule has 0 radical (unpaired) electrons. The first-order chi connectivity index (χ1) is 19.0. The van der Waals surface area contributed by atoms with E-state index in [1.165, 1.54) is 69.5 Å². The second kappa shape index (κ2) is 19.6. The fourth-order valence-corrected chi connectivity index (χ4v) is 12.6. The Morgan fingerprint density at radius 2 is 0.767 bits per heavy atom. The van der Waals surface area contributed by atoms with Gasteiger partial charge in [-0.3, -0.25) is 0 Å². The summed E-state index contributed by atoms with van der Waals surface area (Å²) in [6.45, 7) is 28.0. The zero-order valence-corrected chi connectivity index (χ0v) is 35.8. The van der Waals surface area contributed by atoms with Crippen molar-refractivity contribution in [3.63, 3.8) is 0 Å². The Balaban J connectivity index is 0.000000767. The van der Waals surface area contributed by atoms with Crippen LogP contribution in [-0.4, -0.2) is 22.6 Å². The summed E-state index contributed by atoms with van der Waals surface area (Å²) in [5.41, 5.74) is 8.94. The first-order valence-corrected chi connectivity index (χ1v) is 18.8. The van der Waals surface area contributed by atoms with E-state index in [1.807, 2.05) is 0 Å². The summed E-state index contributed by atoms with van der Waals surface area (Å²) in [5, 5.41) is 9.13. The molecule has 4 rings (SSSR count). The summed E-state index contributed by atoms with van der Waals surface area (Å²) in [6, 6.07) is 19.0. The van der Waals surface area contributed by atoms with Gasteiger partial charge in [-0.2, -0.15) is 12.1 Å². The van der Waals surface area contributed by atoms with Gasteiger partial charge >= 0.3 is 25.8 Å². The van der Waals surface area contributed by atoms with E-state index in [2.05, 4.69) is 132 Å². The van der Waals surface area contributed by atoms with Crippen LogP contribution in [0.15, 0.2) is 48.5 Å². The van der Waals surface area contributed by atoms with Crippen molar-refractivity contribution in [2.45, 2.75) is 131 Å². The predicted octanol–water partition coefficient (Wildman–Crippen LogP) is 5.76. The summed E-state index contributed by atoms with van der Waals surface area (Å²) in [6.07, 6.45) is 5.15. The maximum absolute atomic E-state index is 2.49. The Morgan fingerprint density at radius 3 is 1.00 bits per heavy atom. The minimum Gasteiger partial charge on any atom is -1.00 e. The molecule has 0 amide bonds. The van der Waals surface area contributed by atoms with Gasteiger partial charge in [-0.15, -0.1) is 67.5 Å². The van der Waals surface area contributed by atoms with E-state index < -0.39 is 0 Å². The molecule has 0 spiro atoms. The second-order valence-electron chi connectivity index (χ2n) is 12.3. The van der Waals surface area contributed by atoms with Crippen molar-refractivity contribution in [1.29, 1.82) is 0 Å². The Kier molecular flexibility index (Phi) is 19.6. The van der Waals surface area contributed by atoms with E-state index in [0.717, 1.165) is 22.6 Å². The van der Waals surface area contributed by atoms with Gasteiger partial charge in [0, 0.05) is 0 Å². The Bertz CT molecular complexity index is 1180. The number of aryl methyl sites for hydroxylation is 4. The molecular formula is C38H56Cl2HfP2. The quantitative estimate of drug-likeness (QED) is 0.109. The molecule has 0 heterocycles. The van der Waals surface area contributed by atoms with Crippen LogP contribution < -0.4 is 35.4 Å². The number of hydrogen-bond donors (Lipinski definition) is 0. The average Bonchev–Trinajstić information content (AvgIpc) is 3.60. The molecule has 0 aliphatic rings. The molecule has 4 atom stereocenters. The van der Waals surface area contributed by atoms with Gasteiger partial charge in [0.15, 0.2) is 0 Å². The summed E-state index contributed by atoms with van der Waals surface area (Å²) in [4.78, 5) is 0. The first-order valence-electron chi connectivity index (χ1n) is 15.9. The third kappa shape index (κ3) is 9.98. The molecule has 5 heteroatoms. The standard InChI is InChI=1S/2C19H28P.2ClH.Hf/c2*1-7-15(5)20(16(6)8-2)17-11-18-13(3)9-10-14(4)19(18)12-17;;;/h2*9-12,15-16H,7-8H2,1-6H3;2*1H;/q2*-1;;;+4/p-2. The zero-order valence-electron chi connectivity index (χ0n) is 28.9. The first kappa shape index (κ1) is 43.0. The van der Waals surface area contributed by atoms with Gasteiger partial charge in [-0.1, -0.05) is 108 Å². The molecule has 0 nitrogen and oxygen atoms in total. The zero-order chi connectivity index (χ0) is 29.7. The molecule has 4 aromatic carbocycles. The molecule has 0 saturated carbocycles. The normalized spacial score (nSPS) is 15.2. The molecule has 0 aliphatic carbocycles. The van der Waals surface area contributed by atoms with Gasteiger partial charge in [0.2, 0.25) is 0 Å². The van der Waals surface area contributed by atoms with Crippen molar-refractivity contribution in [3.05, 3.63) is 70.8 Å². The number of rotatable bonds is 10. The molecule has 0 saturated heterocycles. The summed E-state index contributed by atoms with van der Waals surface area (Å²) < 4.78 is 0. The largest absolute Gasteiger partial charge is 4.00 e. The van der Waals surface area contributed by atoms with Gasteiger partial charge in [0.1, 0.15) is 0 Å². The van der Waals surface area contributed by atoms with Crippen LogP contribution >= 0.6 is 15.8 Å². The minimum absolute atomic E-state index is 0. The average molecular weight is 824 g/mol. The summed E-state index contributed by atoms with van der Waals surface area (Å²) >= 11 is 0.